The van der Waals surface area contributed by atoms with Gasteiger partial charge in [-0.1, -0.05) is 41.7 Å². The van der Waals surface area contributed by atoms with Crippen LogP contribution in [0, 0.1) is 5.92 Å². The van der Waals surface area contributed by atoms with Gasteiger partial charge < -0.3 is 5.32 Å². The van der Waals surface area contributed by atoms with E-state index in [0.29, 0.717) is 17.3 Å². The molecule has 7 heteroatoms. The van der Waals surface area contributed by atoms with E-state index in [0.717, 1.165) is 19.3 Å². The van der Waals surface area contributed by atoms with Crippen LogP contribution in [0.3, 0.4) is 0 Å². The fourth-order valence-electron chi connectivity index (χ4n) is 2.26. The van der Waals surface area contributed by atoms with Crippen LogP contribution in [0.15, 0.2) is 30.3 Å². The first-order valence-corrected chi connectivity index (χ1v) is 7.55. The Bertz CT molecular complexity index is 593. The zero-order chi connectivity index (χ0) is 14.9. The minimum atomic E-state index is -4.42. The summed E-state index contributed by atoms with van der Waals surface area (Å²) in [5.74, 6) is 0.503. The summed E-state index contributed by atoms with van der Waals surface area (Å²) in [5, 5.41) is 9.29. The molecule has 0 amide bonds. The molecule has 3 nitrogen and oxygen atoms in total. The lowest BCUT2D eigenvalue weighted by Gasteiger charge is -2.17. The minimum Gasteiger partial charge on any atom is -0.357 e. The SMILES string of the molecule is FC(F)(F)c1nnc(NC(Cc2ccccc2)C2CC2)s1. The third kappa shape index (κ3) is 3.72. The molecule has 21 heavy (non-hydrogen) atoms. The predicted octanol–water partition coefficient (Wildman–Crippen LogP) is 3.99. The number of rotatable bonds is 5. The summed E-state index contributed by atoms with van der Waals surface area (Å²) < 4.78 is 37.6. The topological polar surface area (TPSA) is 37.8 Å². The molecule has 0 aliphatic heterocycles. The van der Waals surface area contributed by atoms with Crippen LogP contribution < -0.4 is 5.32 Å². The lowest BCUT2D eigenvalue weighted by molar-refractivity contribution is -0.138. The minimum absolute atomic E-state index is 0.112. The summed E-state index contributed by atoms with van der Waals surface area (Å²) in [5.41, 5.74) is 1.17. The predicted molar refractivity (Wildman–Crippen MR) is 75.2 cm³/mol. The molecule has 0 spiro atoms. The fraction of sp³-hybridized carbons (Fsp3) is 0.429. The Balaban J connectivity index is 1.69. The first-order valence-electron chi connectivity index (χ1n) is 6.73. The molecule has 1 heterocycles. The molecule has 0 bridgehead atoms. The number of hydrogen-bond donors (Lipinski definition) is 1. The van der Waals surface area contributed by atoms with E-state index in [-0.39, 0.29) is 11.2 Å². The number of alkyl halides is 3. The molecule has 1 atom stereocenters. The van der Waals surface area contributed by atoms with Gasteiger partial charge in [0.1, 0.15) is 0 Å². The Labute approximate surface area is 124 Å². The molecule has 0 saturated heterocycles. The van der Waals surface area contributed by atoms with Gasteiger partial charge in [-0.2, -0.15) is 13.2 Å². The van der Waals surface area contributed by atoms with Crippen molar-refractivity contribution in [2.75, 3.05) is 5.32 Å². The average molecular weight is 313 g/mol. The van der Waals surface area contributed by atoms with Crippen LogP contribution in [0.4, 0.5) is 18.3 Å². The molecule has 1 unspecified atom stereocenters. The molecule has 1 aromatic heterocycles. The summed E-state index contributed by atoms with van der Waals surface area (Å²) in [6.07, 6.45) is -1.43. The molecule has 1 aromatic carbocycles. The van der Waals surface area contributed by atoms with Crippen molar-refractivity contribution in [3.05, 3.63) is 40.9 Å². The third-order valence-electron chi connectivity index (χ3n) is 3.47. The van der Waals surface area contributed by atoms with Gasteiger partial charge in [0.25, 0.3) is 0 Å². The largest absolute Gasteiger partial charge is 0.445 e. The first kappa shape index (κ1) is 14.3. The summed E-state index contributed by atoms with van der Waals surface area (Å²) in [7, 11) is 0. The van der Waals surface area contributed by atoms with Gasteiger partial charge in [0.2, 0.25) is 10.1 Å². The maximum Gasteiger partial charge on any atom is 0.445 e. The standard InChI is InChI=1S/C14H14F3N3S/c15-14(16,17)12-19-20-13(21-12)18-11(10-6-7-10)8-9-4-2-1-3-5-9/h1-5,10-11H,6-8H2,(H,18,20). The van der Waals surface area contributed by atoms with Gasteiger partial charge in [0.15, 0.2) is 0 Å². The van der Waals surface area contributed by atoms with Crippen LogP contribution in [-0.2, 0) is 12.6 Å². The highest BCUT2D eigenvalue weighted by Crippen LogP contribution is 2.38. The zero-order valence-corrected chi connectivity index (χ0v) is 11.9. The monoisotopic (exact) mass is 313 g/mol. The van der Waals surface area contributed by atoms with E-state index in [9.17, 15) is 13.2 Å². The molecule has 1 fully saturated rings. The van der Waals surface area contributed by atoms with Crippen LogP contribution in [0.25, 0.3) is 0 Å². The van der Waals surface area contributed by atoms with Gasteiger partial charge in [-0.25, -0.2) is 0 Å². The molecule has 0 radical (unpaired) electrons. The molecule has 2 aromatic rings. The Morgan fingerprint density at radius 1 is 1.19 bits per heavy atom. The molecule has 112 valence electrons. The first-order chi connectivity index (χ1) is 10.0. The number of nitrogens with zero attached hydrogens (tertiary/aromatic N) is 2. The van der Waals surface area contributed by atoms with Crippen molar-refractivity contribution in [2.45, 2.75) is 31.5 Å². The maximum atomic E-state index is 12.5. The van der Waals surface area contributed by atoms with Crippen molar-refractivity contribution < 1.29 is 13.2 Å². The van der Waals surface area contributed by atoms with Crippen molar-refractivity contribution in [3.8, 4) is 0 Å². The van der Waals surface area contributed by atoms with Gasteiger partial charge in [0.05, 0.1) is 0 Å². The Hall–Kier alpha value is -1.63. The van der Waals surface area contributed by atoms with Crippen molar-refractivity contribution in [1.29, 1.82) is 0 Å². The van der Waals surface area contributed by atoms with Crippen LogP contribution in [0.2, 0.25) is 0 Å². The summed E-state index contributed by atoms with van der Waals surface area (Å²) >= 11 is 0.566. The van der Waals surface area contributed by atoms with Gasteiger partial charge >= 0.3 is 6.18 Å². The van der Waals surface area contributed by atoms with E-state index in [1.165, 1.54) is 5.56 Å². The van der Waals surface area contributed by atoms with Crippen LogP contribution in [0.1, 0.15) is 23.4 Å². The van der Waals surface area contributed by atoms with E-state index in [1.54, 1.807) is 0 Å². The highest BCUT2D eigenvalue weighted by Gasteiger charge is 2.37. The average Bonchev–Trinajstić information content (AvgIpc) is 3.17. The van der Waals surface area contributed by atoms with Crippen LogP contribution in [-0.4, -0.2) is 16.2 Å². The second-order valence-electron chi connectivity index (χ2n) is 5.19. The Morgan fingerprint density at radius 3 is 2.48 bits per heavy atom. The van der Waals surface area contributed by atoms with Gasteiger partial charge in [-0.05, 0) is 30.7 Å². The molecule has 3 rings (SSSR count). The smallest absolute Gasteiger partial charge is 0.357 e. The number of anilines is 1. The quantitative estimate of drug-likeness (QED) is 0.907. The second-order valence-corrected chi connectivity index (χ2v) is 6.17. The van der Waals surface area contributed by atoms with Crippen LogP contribution in [0.5, 0.6) is 0 Å². The highest BCUT2D eigenvalue weighted by molar-refractivity contribution is 7.15. The second kappa shape index (κ2) is 5.63. The molecule has 1 aliphatic rings. The van der Waals surface area contributed by atoms with Gasteiger partial charge in [-0.15, -0.1) is 10.2 Å². The van der Waals surface area contributed by atoms with Crippen molar-refractivity contribution in [1.82, 2.24) is 10.2 Å². The lowest BCUT2D eigenvalue weighted by Crippen LogP contribution is -2.24. The van der Waals surface area contributed by atoms with E-state index in [2.05, 4.69) is 15.5 Å². The molecule has 1 saturated carbocycles. The number of halogens is 3. The van der Waals surface area contributed by atoms with Crippen LogP contribution >= 0.6 is 11.3 Å². The highest BCUT2D eigenvalue weighted by atomic mass is 32.1. The molecular weight excluding hydrogens is 299 g/mol. The molecule has 1 aliphatic carbocycles. The summed E-state index contributed by atoms with van der Waals surface area (Å²) in [4.78, 5) is 0. The van der Waals surface area contributed by atoms with Crippen molar-refractivity contribution >= 4 is 16.5 Å². The zero-order valence-electron chi connectivity index (χ0n) is 11.1. The fourth-order valence-corrected chi connectivity index (χ4v) is 2.93. The number of aromatic nitrogens is 2. The van der Waals surface area contributed by atoms with E-state index in [4.69, 9.17) is 0 Å². The normalized spacial score (nSPS) is 16.7. The van der Waals surface area contributed by atoms with E-state index < -0.39 is 11.2 Å². The number of benzene rings is 1. The number of nitrogens with one attached hydrogen (secondary N) is 1. The Morgan fingerprint density at radius 2 is 1.90 bits per heavy atom. The van der Waals surface area contributed by atoms with Crippen molar-refractivity contribution in [3.63, 3.8) is 0 Å². The van der Waals surface area contributed by atoms with Gasteiger partial charge in [-0.3, -0.25) is 0 Å². The lowest BCUT2D eigenvalue weighted by atomic mass is 10.0. The van der Waals surface area contributed by atoms with E-state index >= 15 is 0 Å². The number of hydrogen-bond acceptors (Lipinski definition) is 4. The molecular formula is C14H14F3N3S. The third-order valence-corrected chi connectivity index (χ3v) is 4.37. The van der Waals surface area contributed by atoms with Gasteiger partial charge in [0, 0.05) is 6.04 Å². The molecule has 1 N–H and O–H groups in total. The van der Waals surface area contributed by atoms with E-state index in [1.807, 2.05) is 30.3 Å². The Kier molecular flexibility index (Phi) is 3.84. The summed E-state index contributed by atoms with van der Waals surface area (Å²) in [6, 6.07) is 10.0. The maximum absolute atomic E-state index is 12.5. The summed E-state index contributed by atoms with van der Waals surface area (Å²) in [6.45, 7) is 0. The van der Waals surface area contributed by atoms with Crippen molar-refractivity contribution in [2.24, 2.45) is 5.92 Å².